The third-order valence-corrected chi connectivity index (χ3v) is 18.7. The highest BCUT2D eigenvalue weighted by Gasteiger charge is 2.51. The van der Waals surface area contributed by atoms with Gasteiger partial charge in [0, 0.05) is 26.7 Å². The molecule has 1 aromatic rings. The largest absolute Gasteiger partial charge is 0.393 e. The van der Waals surface area contributed by atoms with E-state index >= 15 is 0 Å². The average molecular weight is 1340 g/mol. The molecule has 21 atom stereocenters. The second kappa shape index (κ2) is 46.7. The summed E-state index contributed by atoms with van der Waals surface area (Å²) in [7, 11) is 2.91. The second-order valence-electron chi connectivity index (χ2n) is 27.0. The van der Waals surface area contributed by atoms with Gasteiger partial charge in [-0.1, -0.05) is 211 Å². The molecule has 3 fully saturated rings. The predicted molar refractivity (Wildman–Crippen MR) is 357 cm³/mol. The van der Waals surface area contributed by atoms with Crippen LogP contribution in [0.3, 0.4) is 0 Å². The minimum Gasteiger partial charge on any atom is -0.393 e. The Morgan fingerprint density at radius 3 is 1.46 bits per heavy atom. The van der Waals surface area contributed by atoms with Crippen molar-refractivity contribution < 1.29 is 92.8 Å². The Hall–Kier alpha value is -3.50. The minimum absolute atomic E-state index is 0.0384. The lowest BCUT2D eigenvalue weighted by atomic mass is 9.98. The van der Waals surface area contributed by atoms with E-state index in [-0.39, 0.29) is 19.4 Å². The molecular formula is C71H126N4O19. The van der Waals surface area contributed by atoms with Crippen LogP contribution in [0.25, 0.3) is 0 Å². The zero-order chi connectivity index (χ0) is 69.0. The minimum atomic E-state index is -1.83. The Bertz CT molecular complexity index is 2190. The highest BCUT2D eigenvalue weighted by Crippen LogP contribution is 2.31. The molecule has 0 aromatic heterocycles. The number of unbranched alkanes of at least 4 members (excludes halogenated alkanes) is 26. The van der Waals surface area contributed by atoms with Crippen molar-refractivity contribution in [3.8, 4) is 0 Å². The van der Waals surface area contributed by atoms with Gasteiger partial charge in [-0.3, -0.25) is 19.2 Å². The lowest BCUT2D eigenvalue weighted by Crippen LogP contribution is -2.65. The molecule has 0 aliphatic carbocycles. The first-order chi connectivity index (χ1) is 45.1. The topological polar surface area (TPSA) is 332 Å². The Labute approximate surface area is 561 Å². The van der Waals surface area contributed by atoms with Gasteiger partial charge in [0.1, 0.15) is 73.1 Å². The highest BCUT2D eigenvalue weighted by atomic mass is 16.8. The number of hydrogen-bond donors (Lipinski definition) is 11. The van der Waals surface area contributed by atoms with Crippen LogP contribution in [-0.2, 0) is 63.5 Å². The van der Waals surface area contributed by atoms with Crippen molar-refractivity contribution in [3.05, 3.63) is 35.9 Å². The lowest BCUT2D eigenvalue weighted by molar-refractivity contribution is -0.366. The first-order valence-corrected chi connectivity index (χ1v) is 36.1. The van der Waals surface area contributed by atoms with E-state index in [0.717, 1.165) is 25.7 Å². The van der Waals surface area contributed by atoms with Crippen molar-refractivity contribution in [2.45, 2.75) is 370 Å². The SMILES string of the molecule is CCCCCCCCCCCCCCCCCCCCCCCCCCCCCC(O)CC(=O)NC(Cc1ccccc1)C(=O)NC(C(=O)NC(C)C(=O)NC(C)COC1OC(C)C(OC)C(OC)C1O)C(C)OC1OC(C)C(O)C(O)C1OC1OC(C)C(O)C(O)C1O. The normalized spacial score (nSPS) is 28.4. The number of aliphatic hydroxyl groups is 7. The molecule has 4 amide bonds. The molecule has 0 radical (unpaired) electrons. The first kappa shape index (κ1) is 82.9. The number of rotatable bonds is 49. The average Bonchev–Trinajstić information content (AvgIpc) is 0.799. The summed E-state index contributed by atoms with van der Waals surface area (Å²) in [4.78, 5) is 56.8. The number of amides is 4. The molecule has 11 N–H and O–H groups in total. The Balaban J connectivity index is 1.29. The van der Waals surface area contributed by atoms with E-state index in [4.69, 9.17) is 37.9 Å². The summed E-state index contributed by atoms with van der Waals surface area (Å²) in [5, 5.41) is 86.9. The number of carbonyl (C=O) groups is 4. The number of benzene rings is 1. The van der Waals surface area contributed by atoms with E-state index < -0.39 is 152 Å². The molecule has 4 rings (SSSR count). The monoisotopic (exact) mass is 1340 g/mol. The van der Waals surface area contributed by atoms with Gasteiger partial charge < -0.3 is 94.9 Å². The number of carbonyl (C=O) groups excluding carboxylic acids is 4. The van der Waals surface area contributed by atoms with Crippen molar-refractivity contribution in [1.82, 2.24) is 21.3 Å². The Kier molecular flexibility index (Phi) is 41.2. The molecule has 1 aromatic carbocycles. The fraction of sp³-hybridized carbons (Fsp3) is 0.859. The van der Waals surface area contributed by atoms with Crippen LogP contribution in [0.2, 0.25) is 0 Å². The standard InChI is InChI=1S/C71H126N4O19/c1-10-11-12-13-14-15-16-17-18-19-20-21-22-23-24-25-26-27-28-29-30-31-32-33-34-35-39-42-53(76)44-55(77)74-54(43-52-40-37-36-38-41-52)67(85)75-56(48(4)90-71-65(60(81)58(79)50(6)92-71)94-70-61(82)59(80)57(78)49(5)91-70)68(86)73-47(3)66(84)72-46(2)45-89-69-62(83)64(88-9)63(87-8)51(7)93-69/h36-38,40-41,46-51,53-54,56-65,69-71,76,78-83H,10-35,39,42-45H2,1-9H3,(H,72,84)(H,73,86)(H,74,77)(H,75,85). The van der Waals surface area contributed by atoms with Crippen molar-refractivity contribution in [2.24, 2.45) is 0 Å². The van der Waals surface area contributed by atoms with Crippen molar-refractivity contribution in [1.29, 1.82) is 0 Å². The highest BCUT2D eigenvalue weighted by molar-refractivity contribution is 5.94. The summed E-state index contributed by atoms with van der Waals surface area (Å²) in [6.07, 6.45) is 13.0. The number of aliphatic hydroxyl groups excluding tert-OH is 7. The molecule has 544 valence electrons. The van der Waals surface area contributed by atoms with Crippen molar-refractivity contribution in [2.75, 3.05) is 20.8 Å². The van der Waals surface area contributed by atoms with E-state index in [1.807, 2.05) is 0 Å². The van der Waals surface area contributed by atoms with Crippen molar-refractivity contribution >= 4 is 23.6 Å². The maximum Gasteiger partial charge on any atom is 0.245 e. The van der Waals surface area contributed by atoms with E-state index in [1.165, 1.54) is 190 Å². The maximum atomic E-state index is 14.7. The van der Waals surface area contributed by atoms with Gasteiger partial charge in [0.2, 0.25) is 23.6 Å². The van der Waals surface area contributed by atoms with Crippen LogP contribution in [0.1, 0.15) is 240 Å². The fourth-order valence-corrected chi connectivity index (χ4v) is 12.7. The van der Waals surface area contributed by atoms with E-state index in [0.29, 0.717) is 12.0 Å². The third-order valence-electron chi connectivity index (χ3n) is 18.7. The second-order valence-corrected chi connectivity index (χ2v) is 27.0. The van der Waals surface area contributed by atoms with Gasteiger partial charge in [-0.05, 0) is 53.5 Å². The van der Waals surface area contributed by atoms with Crippen molar-refractivity contribution in [3.63, 3.8) is 0 Å². The number of nitrogens with one attached hydrogen (secondary N) is 4. The smallest absolute Gasteiger partial charge is 0.245 e. The van der Waals surface area contributed by atoms with Crippen LogP contribution in [0, 0.1) is 0 Å². The van der Waals surface area contributed by atoms with E-state index in [1.54, 1.807) is 44.2 Å². The van der Waals surface area contributed by atoms with Gasteiger partial charge in [0.25, 0.3) is 0 Å². The van der Waals surface area contributed by atoms with Gasteiger partial charge in [0.05, 0.1) is 43.5 Å². The van der Waals surface area contributed by atoms with Gasteiger partial charge in [-0.15, -0.1) is 0 Å². The molecule has 23 nitrogen and oxygen atoms in total. The van der Waals surface area contributed by atoms with Gasteiger partial charge in [-0.25, -0.2) is 0 Å². The van der Waals surface area contributed by atoms with Gasteiger partial charge in [0.15, 0.2) is 18.9 Å². The molecule has 3 saturated heterocycles. The quantitative estimate of drug-likeness (QED) is 0.0289. The van der Waals surface area contributed by atoms with Crippen LogP contribution in [-0.4, -0.2) is 209 Å². The summed E-state index contributed by atoms with van der Waals surface area (Å²) in [6.45, 7) is 11.2. The zero-order valence-electron chi connectivity index (χ0n) is 58.5. The molecule has 21 unspecified atom stereocenters. The summed E-state index contributed by atoms with van der Waals surface area (Å²) in [5.74, 6) is -3.05. The molecule has 0 bridgehead atoms. The van der Waals surface area contributed by atoms with E-state index in [9.17, 15) is 54.9 Å². The first-order valence-electron chi connectivity index (χ1n) is 36.1. The molecule has 23 heteroatoms. The van der Waals surface area contributed by atoms with Crippen LogP contribution < -0.4 is 21.3 Å². The molecule has 3 aliphatic rings. The van der Waals surface area contributed by atoms with Crippen LogP contribution in [0.5, 0.6) is 0 Å². The molecule has 3 aliphatic heterocycles. The summed E-state index contributed by atoms with van der Waals surface area (Å²) < 4.78 is 46.5. The maximum absolute atomic E-state index is 14.7. The van der Waals surface area contributed by atoms with Crippen LogP contribution in [0.15, 0.2) is 30.3 Å². The van der Waals surface area contributed by atoms with Crippen LogP contribution in [0.4, 0.5) is 0 Å². The Morgan fingerprint density at radius 2 is 0.957 bits per heavy atom. The van der Waals surface area contributed by atoms with Gasteiger partial charge in [-0.2, -0.15) is 0 Å². The third kappa shape index (κ3) is 29.9. The number of methoxy groups -OCH3 is 2. The molecule has 3 heterocycles. The summed E-state index contributed by atoms with van der Waals surface area (Å²) >= 11 is 0. The van der Waals surface area contributed by atoms with Crippen LogP contribution >= 0.6 is 0 Å². The van der Waals surface area contributed by atoms with Gasteiger partial charge >= 0.3 is 0 Å². The number of hydrogen-bond acceptors (Lipinski definition) is 19. The zero-order valence-corrected chi connectivity index (χ0v) is 58.5. The summed E-state index contributed by atoms with van der Waals surface area (Å²) in [6, 6.07) is 3.89. The molecule has 0 saturated carbocycles. The Morgan fingerprint density at radius 1 is 0.489 bits per heavy atom. The lowest BCUT2D eigenvalue weighted by Gasteiger charge is -2.46. The number of ether oxygens (including phenoxy) is 8. The summed E-state index contributed by atoms with van der Waals surface area (Å²) in [5.41, 5.74) is 0.658. The molecule has 0 spiro atoms. The predicted octanol–water partition coefficient (Wildman–Crippen LogP) is 7.14. The molecule has 94 heavy (non-hydrogen) atoms. The molecular weight excluding hydrogens is 1210 g/mol. The fourth-order valence-electron chi connectivity index (χ4n) is 12.7. The van der Waals surface area contributed by atoms with E-state index in [2.05, 4.69) is 28.2 Å².